The first-order valence-corrected chi connectivity index (χ1v) is 13.5. The number of aromatic nitrogens is 2. The predicted octanol–water partition coefficient (Wildman–Crippen LogP) is 3.66. The molecule has 2 aliphatic heterocycles. The summed E-state index contributed by atoms with van der Waals surface area (Å²) in [6, 6.07) is 9.56. The maximum Gasteiger partial charge on any atom is 0.244 e. The third-order valence-corrected chi connectivity index (χ3v) is 9.53. The Kier molecular flexibility index (Phi) is 5.84. The average Bonchev–Trinajstić information content (AvgIpc) is 3.56. The van der Waals surface area contributed by atoms with Crippen molar-refractivity contribution in [2.45, 2.75) is 44.4 Å². The Morgan fingerprint density at radius 1 is 1.27 bits per heavy atom. The van der Waals surface area contributed by atoms with Gasteiger partial charge in [0.2, 0.25) is 27.6 Å². The maximum atomic E-state index is 13.5. The standard InChI is InChI=1S/C23H26N4O4S2/c1-3-21-24-22(25-31-21)19-13-20(15(2)32-19)33(29,30)26-11-6-8-17(14-26)23(28)27-12-10-16-7-4-5-9-18(16)27/h4-5,7,9,13,17H,3,6,8,10-12,14H2,1-2H3/t17-/m1/s1. The minimum atomic E-state index is -3.74. The summed E-state index contributed by atoms with van der Waals surface area (Å²) in [6.45, 7) is 4.97. The number of carbonyl (C=O) groups is 1. The highest BCUT2D eigenvalue weighted by atomic mass is 32.2. The highest BCUT2D eigenvalue weighted by molar-refractivity contribution is 7.89. The fraction of sp³-hybridized carbons (Fsp3) is 0.435. The number of sulfonamides is 1. The van der Waals surface area contributed by atoms with Crippen LogP contribution in [-0.2, 0) is 27.7 Å². The van der Waals surface area contributed by atoms with E-state index in [0.29, 0.717) is 53.8 Å². The Labute approximate surface area is 197 Å². The van der Waals surface area contributed by atoms with Crippen LogP contribution < -0.4 is 4.90 Å². The summed E-state index contributed by atoms with van der Waals surface area (Å²) in [6.07, 6.45) is 2.81. The number of fused-ring (bicyclic) bond motifs is 1. The molecule has 1 fully saturated rings. The van der Waals surface area contributed by atoms with Crippen LogP contribution in [0, 0.1) is 12.8 Å². The first kappa shape index (κ1) is 22.2. The summed E-state index contributed by atoms with van der Waals surface area (Å²) < 4.78 is 33.7. The van der Waals surface area contributed by atoms with Crippen LogP contribution in [0.5, 0.6) is 0 Å². The Balaban J connectivity index is 1.37. The summed E-state index contributed by atoms with van der Waals surface area (Å²) in [5.74, 6) is 0.589. The third-order valence-electron chi connectivity index (χ3n) is 6.37. The summed E-state index contributed by atoms with van der Waals surface area (Å²) in [7, 11) is -3.74. The van der Waals surface area contributed by atoms with Crippen molar-refractivity contribution < 1.29 is 17.7 Å². The number of thiophene rings is 1. The SMILES string of the molecule is CCc1nc(-c2cc(S(=O)(=O)N3CCC[C@@H](C(=O)N4CCc5ccccc54)C3)c(C)s2)no1. The molecule has 5 rings (SSSR count). The van der Waals surface area contributed by atoms with Crippen molar-refractivity contribution >= 4 is 33.0 Å². The number of hydrogen-bond acceptors (Lipinski definition) is 7. The number of piperidine rings is 1. The van der Waals surface area contributed by atoms with Gasteiger partial charge in [-0.3, -0.25) is 4.79 Å². The second-order valence-corrected chi connectivity index (χ2v) is 11.6. The van der Waals surface area contributed by atoms with Crippen LogP contribution >= 0.6 is 11.3 Å². The third kappa shape index (κ3) is 4.00. The molecule has 0 radical (unpaired) electrons. The molecule has 0 spiro atoms. The van der Waals surface area contributed by atoms with Crippen LogP contribution in [0.2, 0.25) is 0 Å². The minimum Gasteiger partial charge on any atom is -0.339 e. The van der Waals surface area contributed by atoms with E-state index in [4.69, 9.17) is 4.52 Å². The monoisotopic (exact) mass is 486 g/mol. The van der Waals surface area contributed by atoms with Crippen molar-refractivity contribution in [3.05, 3.63) is 46.7 Å². The number of nitrogens with zero attached hydrogens (tertiary/aromatic N) is 4. The molecule has 8 nitrogen and oxygen atoms in total. The topological polar surface area (TPSA) is 96.6 Å². The van der Waals surface area contributed by atoms with E-state index in [1.54, 1.807) is 13.0 Å². The predicted molar refractivity (Wildman–Crippen MR) is 126 cm³/mol. The van der Waals surface area contributed by atoms with Gasteiger partial charge >= 0.3 is 0 Å². The van der Waals surface area contributed by atoms with Crippen molar-refractivity contribution in [1.82, 2.24) is 14.4 Å². The van der Waals surface area contributed by atoms with Gasteiger partial charge < -0.3 is 9.42 Å². The van der Waals surface area contributed by atoms with Gasteiger partial charge in [0.1, 0.15) is 0 Å². The van der Waals surface area contributed by atoms with Gasteiger partial charge in [-0.15, -0.1) is 11.3 Å². The van der Waals surface area contributed by atoms with E-state index >= 15 is 0 Å². The van der Waals surface area contributed by atoms with Gasteiger partial charge in [-0.2, -0.15) is 9.29 Å². The zero-order chi connectivity index (χ0) is 23.2. The Morgan fingerprint density at radius 3 is 2.88 bits per heavy atom. The fourth-order valence-corrected chi connectivity index (χ4v) is 7.63. The lowest BCUT2D eigenvalue weighted by molar-refractivity contribution is -0.123. The Bertz CT molecular complexity index is 1300. The molecule has 0 unspecified atom stereocenters. The molecule has 3 aromatic rings. The van der Waals surface area contributed by atoms with Gasteiger partial charge in [-0.05, 0) is 43.9 Å². The molecule has 4 heterocycles. The lowest BCUT2D eigenvalue weighted by Crippen LogP contribution is -2.46. The van der Waals surface area contributed by atoms with E-state index in [9.17, 15) is 13.2 Å². The first-order chi connectivity index (χ1) is 15.9. The maximum absolute atomic E-state index is 13.5. The largest absolute Gasteiger partial charge is 0.339 e. The van der Waals surface area contributed by atoms with Crippen LogP contribution in [0.15, 0.2) is 39.8 Å². The van der Waals surface area contributed by atoms with Crippen molar-refractivity contribution in [3.63, 3.8) is 0 Å². The van der Waals surface area contributed by atoms with Gasteiger partial charge in [-0.25, -0.2) is 8.42 Å². The van der Waals surface area contributed by atoms with Crippen LogP contribution in [0.3, 0.4) is 0 Å². The van der Waals surface area contributed by atoms with Crippen molar-refractivity contribution in [2.24, 2.45) is 5.92 Å². The Hall–Kier alpha value is -2.56. The molecule has 1 aromatic carbocycles. The van der Waals surface area contributed by atoms with E-state index in [1.165, 1.54) is 21.2 Å². The summed E-state index contributed by atoms with van der Waals surface area (Å²) in [5.41, 5.74) is 2.12. The Morgan fingerprint density at radius 2 is 2.09 bits per heavy atom. The van der Waals surface area contributed by atoms with Crippen molar-refractivity contribution in [1.29, 1.82) is 0 Å². The highest BCUT2D eigenvalue weighted by Crippen LogP contribution is 2.36. The molecule has 174 valence electrons. The van der Waals surface area contributed by atoms with E-state index < -0.39 is 10.0 Å². The molecular formula is C23H26N4O4S2. The number of amides is 1. The molecule has 0 N–H and O–H groups in total. The molecule has 2 aliphatic rings. The second-order valence-electron chi connectivity index (χ2n) is 8.47. The number of carbonyl (C=O) groups excluding carboxylic acids is 1. The molecule has 10 heteroatoms. The normalized spacial score (nSPS) is 19.1. The fourth-order valence-electron chi connectivity index (χ4n) is 4.62. The molecule has 1 saturated heterocycles. The number of benzene rings is 1. The molecule has 33 heavy (non-hydrogen) atoms. The minimum absolute atomic E-state index is 0.0153. The van der Waals surface area contributed by atoms with Gasteiger partial charge in [-0.1, -0.05) is 30.3 Å². The quantitative estimate of drug-likeness (QED) is 0.546. The van der Waals surface area contributed by atoms with Crippen LogP contribution in [-0.4, -0.2) is 48.4 Å². The number of hydrogen-bond donors (Lipinski definition) is 0. The molecule has 2 aromatic heterocycles. The number of para-hydroxylation sites is 1. The summed E-state index contributed by atoms with van der Waals surface area (Å²) >= 11 is 1.34. The van der Waals surface area contributed by atoms with E-state index in [2.05, 4.69) is 10.1 Å². The van der Waals surface area contributed by atoms with Crippen molar-refractivity contribution in [2.75, 3.05) is 24.5 Å². The number of anilines is 1. The first-order valence-electron chi connectivity index (χ1n) is 11.2. The summed E-state index contributed by atoms with van der Waals surface area (Å²) in [4.78, 5) is 21.1. The van der Waals surface area contributed by atoms with Gasteiger partial charge in [0.25, 0.3) is 0 Å². The van der Waals surface area contributed by atoms with Crippen LogP contribution in [0.1, 0.15) is 36.1 Å². The number of aryl methyl sites for hydroxylation is 2. The smallest absolute Gasteiger partial charge is 0.244 e. The molecule has 0 saturated carbocycles. The lowest BCUT2D eigenvalue weighted by atomic mass is 9.98. The molecule has 1 atom stereocenters. The average molecular weight is 487 g/mol. The van der Waals surface area contributed by atoms with Gasteiger partial charge in [0.05, 0.1) is 15.7 Å². The summed E-state index contributed by atoms with van der Waals surface area (Å²) in [5, 5.41) is 3.97. The van der Waals surface area contributed by atoms with E-state index in [-0.39, 0.29) is 23.3 Å². The lowest BCUT2D eigenvalue weighted by Gasteiger charge is -2.33. The molecule has 0 aliphatic carbocycles. The second kappa shape index (κ2) is 8.66. The zero-order valence-corrected chi connectivity index (χ0v) is 20.3. The highest BCUT2D eigenvalue weighted by Gasteiger charge is 2.38. The van der Waals surface area contributed by atoms with E-state index in [1.807, 2.05) is 36.1 Å². The molecule has 0 bridgehead atoms. The van der Waals surface area contributed by atoms with Gasteiger partial charge in [0, 0.05) is 36.6 Å². The van der Waals surface area contributed by atoms with Gasteiger partial charge in [0.15, 0.2) is 0 Å². The van der Waals surface area contributed by atoms with E-state index in [0.717, 1.165) is 12.1 Å². The van der Waals surface area contributed by atoms with Crippen LogP contribution in [0.4, 0.5) is 5.69 Å². The molecule has 1 amide bonds. The molecular weight excluding hydrogens is 460 g/mol. The van der Waals surface area contributed by atoms with Crippen molar-refractivity contribution in [3.8, 4) is 10.7 Å². The van der Waals surface area contributed by atoms with Crippen LogP contribution in [0.25, 0.3) is 10.7 Å². The number of rotatable bonds is 5. The zero-order valence-electron chi connectivity index (χ0n) is 18.7.